The summed E-state index contributed by atoms with van der Waals surface area (Å²) >= 11 is 0. The molecule has 0 atom stereocenters. The van der Waals surface area contributed by atoms with Crippen molar-refractivity contribution >= 4 is 5.91 Å². The van der Waals surface area contributed by atoms with Gasteiger partial charge in [0.2, 0.25) is 5.91 Å². The smallest absolute Gasteiger partial charge is 0.240 e. The molecule has 0 aromatic rings. The van der Waals surface area contributed by atoms with Gasteiger partial charge in [-0.15, -0.1) is 0 Å². The van der Waals surface area contributed by atoms with Gasteiger partial charge in [0, 0.05) is 6.04 Å². The van der Waals surface area contributed by atoms with Crippen molar-refractivity contribution in [2.24, 2.45) is 29.1 Å². The third-order valence-electron chi connectivity index (χ3n) is 5.37. The topological polar surface area (TPSA) is 52.9 Å². The number of nitrogens with one attached hydrogen (secondary N) is 1. The first kappa shape index (κ1) is 12.0. The summed E-state index contributed by atoms with van der Waals surface area (Å²) in [5.41, 5.74) is -0.894. The molecule has 18 heavy (non-hydrogen) atoms. The van der Waals surface area contributed by atoms with E-state index in [-0.39, 0.29) is 5.91 Å². The number of rotatable bonds is 2. The largest absolute Gasteiger partial charge is 0.351 e. The Balaban J connectivity index is 1.71. The molecule has 1 amide bonds. The third kappa shape index (κ3) is 1.83. The number of nitriles is 1. The van der Waals surface area contributed by atoms with E-state index in [9.17, 15) is 4.79 Å². The van der Waals surface area contributed by atoms with Gasteiger partial charge in [0.1, 0.15) is 5.41 Å². The number of carbonyl (C=O) groups excluding carboxylic acids is 1. The molecule has 98 valence electrons. The maximum atomic E-state index is 12.2. The van der Waals surface area contributed by atoms with Crippen molar-refractivity contribution in [2.75, 3.05) is 0 Å². The van der Waals surface area contributed by atoms with Crippen LogP contribution in [0.3, 0.4) is 0 Å². The van der Waals surface area contributed by atoms with Gasteiger partial charge in [0.15, 0.2) is 0 Å². The highest BCUT2D eigenvalue weighted by Gasteiger charge is 2.49. The number of hydrogen-bond donors (Lipinski definition) is 1. The minimum Gasteiger partial charge on any atom is -0.351 e. The molecule has 0 aromatic carbocycles. The second kappa shape index (κ2) is 3.98. The summed E-state index contributed by atoms with van der Waals surface area (Å²) in [6, 6.07) is 2.45. The summed E-state index contributed by atoms with van der Waals surface area (Å²) in [5.74, 6) is 3.12. The van der Waals surface area contributed by atoms with Gasteiger partial charge >= 0.3 is 0 Å². The minimum absolute atomic E-state index is 0.0810. The average Bonchev–Trinajstić information content (AvgIpc) is 2.32. The van der Waals surface area contributed by atoms with Crippen molar-refractivity contribution in [1.29, 1.82) is 5.26 Å². The zero-order chi connectivity index (χ0) is 12.9. The first-order valence-corrected chi connectivity index (χ1v) is 7.22. The molecule has 1 N–H and O–H groups in total. The lowest BCUT2D eigenvalue weighted by molar-refractivity contribution is -0.130. The molecule has 3 heteroatoms. The first-order chi connectivity index (χ1) is 8.49. The Hall–Kier alpha value is -1.04. The Labute approximate surface area is 109 Å². The highest BCUT2D eigenvalue weighted by molar-refractivity contribution is 5.84. The molecule has 0 aromatic heterocycles. The SMILES string of the molecule is CC(C)(C#N)C(=O)NC1C2CC3CC(C2)CC1C3. The van der Waals surface area contributed by atoms with E-state index in [2.05, 4.69) is 11.4 Å². The zero-order valence-corrected chi connectivity index (χ0v) is 11.3. The highest BCUT2D eigenvalue weighted by Crippen LogP contribution is 2.53. The lowest BCUT2D eigenvalue weighted by atomic mass is 9.54. The van der Waals surface area contributed by atoms with E-state index >= 15 is 0 Å². The van der Waals surface area contributed by atoms with Gasteiger partial charge in [0.05, 0.1) is 6.07 Å². The fourth-order valence-corrected chi connectivity index (χ4v) is 4.54. The molecule has 0 radical (unpaired) electrons. The Morgan fingerprint density at radius 2 is 1.61 bits per heavy atom. The molecule has 4 fully saturated rings. The molecule has 4 rings (SSSR count). The van der Waals surface area contributed by atoms with E-state index in [0.717, 1.165) is 11.8 Å². The van der Waals surface area contributed by atoms with Gasteiger partial charge in [-0.25, -0.2) is 0 Å². The lowest BCUT2D eigenvalue weighted by Gasteiger charge is -2.54. The third-order valence-corrected chi connectivity index (χ3v) is 5.37. The second-order valence-electron chi connectivity index (χ2n) is 7.17. The molecule has 0 spiro atoms. The minimum atomic E-state index is -0.894. The summed E-state index contributed by atoms with van der Waals surface area (Å²) in [4.78, 5) is 12.2. The van der Waals surface area contributed by atoms with Crippen molar-refractivity contribution in [3.8, 4) is 6.07 Å². The van der Waals surface area contributed by atoms with E-state index in [1.54, 1.807) is 13.8 Å². The van der Waals surface area contributed by atoms with Crippen LogP contribution in [0.25, 0.3) is 0 Å². The Kier molecular flexibility index (Phi) is 2.66. The molecule has 4 bridgehead atoms. The molecule has 4 aliphatic carbocycles. The molecule has 0 saturated heterocycles. The number of carbonyl (C=O) groups is 1. The van der Waals surface area contributed by atoms with E-state index < -0.39 is 5.41 Å². The van der Waals surface area contributed by atoms with E-state index in [1.165, 1.54) is 32.1 Å². The summed E-state index contributed by atoms with van der Waals surface area (Å²) in [5, 5.41) is 12.2. The van der Waals surface area contributed by atoms with Crippen LogP contribution in [-0.4, -0.2) is 11.9 Å². The number of amides is 1. The quantitative estimate of drug-likeness (QED) is 0.813. The van der Waals surface area contributed by atoms with Crippen LogP contribution in [0.15, 0.2) is 0 Å². The average molecular weight is 246 g/mol. The normalized spacial score (nSPS) is 41.5. The summed E-state index contributed by atoms with van der Waals surface area (Å²) in [7, 11) is 0. The lowest BCUT2D eigenvalue weighted by Crippen LogP contribution is -2.57. The number of nitrogens with zero attached hydrogens (tertiary/aromatic N) is 1. The van der Waals surface area contributed by atoms with Crippen LogP contribution < -0.4 is 5.32 Å². The van der Waals surface area contributed by atoms with Crippen LogP contribution in [0.2, 0.25) is 0 Å². The van der Waals surface area contributed by atoms with Gasteiger partial charge in [-0.2, -0.15) is 5.26 Å². The van der Waals surface area contributed by atoms with E-state index in [0.29, 0.717) is 17.9 Å². The fourth-order valence-electron chi connectivity index (χ4n) is 4.54. The molecule has 0 heterocycles. The molecule has 0 unspecified atom stereocenters. The van der Waals surface area contributed by atoms with Crippen molar-refractivity contribution in [3.63, 3.8) is 0 Å². The van der Waals surface area contributed by atoms with Crippen LogP contribution in [0.5, 0.6) is 0 Å². The molecule has 4 saturated carbocycles. The Morgan fingerprint density at radius 1 is 1.11 bits per heavy atom. The van der Waals surface area contributed by atoms with Crippen LogP contribution in [0.1, 0.15) is 46.0 Å². The van der Waals surface area contributed by atoms with Gasteiger partial charge < -0.3 is 5.32 Å². The predicted octanol–water partition coefficient (Wildman–Crippen LogP) is 2.48. The van der Waals surface area contributed by atoms with Gasteiger partial charge in [-0.3, -0.25) is 4.79 Å². The molecule has 4 aliphatic rings. The fraction of sp³-hybridized carbons (Fsp3) is 0.867. The van der Waals surface area contributed by atoms with Crippen LogP contribution in [0, 0.1) is 40.4 Å². The maximum Gasteiger partial charge on any atom is 0.240 e. The van der Waals surface area contributed by atoms with E-state index in [4.69, 9.17) is 5.26 Å². The Morgan fingerprint density at radius 3 is 2.06 bits per heavy atom. The van der Waals surface area contributed by atoms with Gasteiger partial charge in [-0.1, -0.05) is 0 Å². The monoisotopic (exact) mass is 246 g/mol. The predicted molar refractivity (Wildman–Crippen MR) is 68.4 cm³/mol. The van der Waals surface area contributed by atoms with Crippen LogP contribution in [0.4, 0.5) is 0 Å². The van der Waals surface area contributed by atoms with Crippen molar-refractivity contribution in [2.45, 2.75) is 52.0 Å². The first-order valence-electron chi connectivity index (χ1n) is 7.22. The Bertz CT molecular complexity index is 379. The van der Waals surface area contributed by atoms with E-state index in [1.807, 2.05) is 0 Å². The molecular weight excluding hydrogens is 224 g/mol. The zero-order valence-electron chi connectivity index (χ0n) is 11.3. The maximum absolute atomic E-state index is 12.2. The summed E-state index contributed by atoms with van der Waals surface area (Å²) in [6.07, 6.45) is 6.61. The summed E-state index contributed by atoms with van der Waals surface area (Å²) < 4.78 is 0. The standard InChI is InChI=1S/C15H22N2O/c1-15(2,8-16)14(18)17-13-11-4-9-3-10(6-11)7-12(13)5-9/h9-13H,3-7H2,1-2H3,(H,17,18). The van der Waals surface area contributed by atoms with Crippen molar-refractivity contribution in [1.82, 2.24) is 5.32 Å². The molecule has 3 nitrogen and oxygen atoms in total. The highest BCUT2D eigenvalue weighted by atomic mass is 16.2. The second-order valence-corrected chi connectivity index (χ2v) is 7.17. The van der Waals surface area contributed by atoms with Crippen molar-refractivity contribution < 1.29 is 4.79 Å². The van der Waals surface area contributed by atoms with Crippen LogP contribution in [-0.2, 0) is 4.79 Å². The number of hydrogen-bond acceptors (Lipinski definition) is 2. The van der Waals surface area contributed by atoms with Gasteiger partial charge in [-0.05, 0) is 69.6 Å². The van der Waals surface area contributed by atoms with Crippen LogP contribution >= 0.6 is 0 Å². The van der Waals surface area contributed by atoms with Gasteiger partial charge in [0.25, 0.3) is 0 Å². The van der Waals surface area contributed by atoms with Crippen molar-refractivity contribution in [3.05, 3.63) is 0 Å². The molecular formula is C15H22N2O. The molecule has 0 aliphatic heterocycles. The summed E-state index contributed by atoms with van der Waals surface area (Å²) in [6.45, 7) is 3.41.